The zero-order chi connectivity index (χ0) is 11.3. The van der Waals surface area contributed by atoms with Crippen LogP contribution in [0.25, 0.3) is 0 Å². The topological polar surface area (TPSA) is 60.7 Å². The van der Waals surface area contributed by atoms with E-state index in [0.29, 0.717) is 10.8 Å². The van der Waals surface area contributed by atoms with Gasteiger partial charge < -0.3 is 15.3 Å². The third-order valence-corrected chi connectivity index (χ3v) is 3.60. The van der Waals surface area contributed by atoms with Gasteiger partial charge in [0.1, 0.15) is 0 Å². The van der Waals surface area contributed by atoms with E-state index < -0.39 is 6.10 Å². The lowest BCUT2D eigenvalue weighted by molar-refractivity contribution is 0.113. The van der Waals surface area contributed by atoms with E-state index in [1.54, 1.807) is 18.2 Å². The largest absolute Gasteiger partial charge is 0.394 e. The van der Waals surface area contributed by atoms with E-state index in [-0.39, 0.29) is 13.2 Å². The quantitative estimate of drug-likeness (QED) is 0.687. The van der Waals surface area contributed by atoms with Crippen LogP contribution < -0.4 is 0 Å². The SMILES string of the molecule is OCc1cccc(Cl)c1SCC(O)CO. The summed E-state index contributed by atoms with van der Waals surface area (Å²) in [5, 5.41) is 27.5. The summed E-state index contributed by atoms with van der Waals surface area (Å²) in [6.07, 6.45) is -0.766. The Morgan fingerprint density at radius 1 is 1.33 bits per heavy atom. The van der Waals surface area contributed by atoms with Crippen molar-refractivity contribution in [2.45, 2.75) is 17.6 Å². The Labute approximate surface area is 97.7 Å². The maximum absolute atomic E-state index is 9.20. The first kappa shape index (κ1) is 12.8. The second kappa shape index (κ2) is 6.35. The van der Waals surface area contributed by atoms with Crippen molar-refractivity contribution in [3.63, 3.8) is 0 Å². The summed E-state index contributed by atoms with van der Waals surface area (Å²) in [4.78, 5) is 0.758. The normalized spacial score (nSPS) is 12.8. The van der Waals surface area contributed by atoms with Crippen molar-refractivity contribution in [2.24, 2.45) is 0 Å². The molecule has 0 spiro atoms. The van der Waals surface area contributed by atoms with Gasteiger partial charge in [-0.05, 0) is 11.6 Å². The van der Waals surface area contributed by atoms with Crippen LogP contribution >= 0.6 is 23.4 Å². The molecule has 0 amide bonds. The Hall–Kier alpha value is -0.260. The van der Waals surface area contributed by atoms with E-state index in [1.807, 2.05) is 0 Å². The number of aliphatic hydroxyl groups is 3. The molecule has 1 unspecified atom stereocenters. The van der Waals surface area contributed by atoms with Crippen molar-refractivity contribution in [1.82, 2.24) is 0 Å². The molecule has 5 heteroatoms. The minimum Gasteiger partial charge on any atom is -0.394 e. The molecule has 0 saturated heterocycles. The Morgan fingerprint density at radius 2 is 2.07 bits per heavy atom. The molecule has 3 N–H and O–H groups in total. The first-order valence-corrected chi connectivity index (χ1v) is 5.85. The standard InChI is InChI=1S/C10H13ClO3S/c11-9-3-1-2-7(4-12)10(9)15-6-8(14)5-13/h1-3,8,12-14H,4-6H2. The molecule has 3 nitrogen and oxygen atoms in total. The van der Waals surface area contributed by atoms with Crippen LogP contribution in [0.1, 0.15) is 5.56 Å². The van der Waals surface area contributed by atoms with Gasteiger partial charge >= 0.3 is 0 Å². The lowest BCUT2D eigenvalue weighted by Gasteiger charge is -2.11. The molecule has 0 bridgehead atoms. The molecule has 0 aliphatic heterocycles. The van der Waals surface area contributed by atoms with Crippen molar-refractivity contribution in [3.05, 3.63) is 28.8 Å². The van der Waals surface area contributed by atoms with Crippen LogP contribution in [0.2, 0.25) is 5.02 Å². The molecule has 1 aromatic rings. The fourth-order valence-electron chi connectivity index (χ4n) is 1.07. The zero-order valence-electron chi connectivity index (χ0n) is 8.06. The summed E-state index contributed by atoms with van der Waals surface area (Å²) in [7, 11) is 0. The van der Waals surface area contributed by atoms with Gasteiger partial charge in [-0.25, -0.2) is 0 Å². The minimum absolute atomic E-state index is 0.0852. The highest BCUT2D eigenvalue weighted by Crippen LogP contribution is 2.31. The van der Waals surface area contributed by atoms with Crippen LogP contribution in [0.15, 0.2) is 23.1 Å². The summed E-state index contributed by atoms with van der Waals surface area (Å²) in [5.41, 5.74) is 0.734. The number of hydrogen-bond donors (Lipinski definition) is 3. The Bertz CT molecular complexity index is 320. The third-order valence-electron chi connectivity index (χ3n) is 1.85. The highest BCUT2D eigenvalue weighted by molar-refractivity contribution is 7.99. The predicted octanol–water partition coefficient (Wildman–Crippen LogP) is 1.28. The molecule has 1 atom stereocenters. The molecule has 0 aromatic heterocycles. The van der Waals surface area contributed by atoms with Crippen LogP contribution in [-0.4, -0.2) is 33.8 Å². The van der Waals surface area contributed by atoms with Gasteiger partial charge in [0.2, 0.25) is 0 Å². The average Bonchev–Trinajstić information content (AvgIpc) is 2.26. The van der Waals surface area contributed by atoms with Crippen molar-refractivity contribution in [1.29, 1.82) is 0 Å². The number of rotatable bonds is 5. The van der Waals surface area contributed by atoms with Crippen LogP contribution in [0.5, 0.6) is 0 Å². The molecule has 0 aliphatic rings. The molecule has 84 valence electrons. The smallest absolute Gasteiger partial charge is 0.0864 e. The van der Waals surface area contributed by atoms with Gasteiger partial charge in [0.25, 0.3) is 0 Å². The Balaban J connectivity index is 2.74. The molecular weight excluding hydrogens is 236 g/mol. The molecule has 15 heavy (non-hydrogen) atoms. The first-order chi connectivity index (χ1) is 7.19. The van der Waals surface area contributed by atoms with E-state index in [2.05, 4.69) is 0 Å². The van der Waals surface area contributed by atoms with Crippen molar-refractivity contribution in [3.8, 4) is 0 Å². The summed E-state index contributed by atoms with van der Waals surface area (Å²) in [5.74, 6) is 0.354. The monoisotopic (exact) mass is 248 g/mol. The average molecular weight is 249 g/mol. The highest BCUT2D eigenvalue weighted by atomic mass is 35.5. The zero-order valence-corrected chi connectivity index (χ0v) is 9.63. The molecule has 0 heterocycles. The van der Waals surface area contributed by atoms with Gasteiger partial charge in [-0.15, -0.1) is 11.8 Å². The van der Waals surface area contributed by atoms with E-state index in [4.69, 9.17) is 21.8 Å². The molecular formula is C10H13ClO3S. The van der Waals surface area contributed by atoms with Crippen LogP contribution in [0, 0.1) is 0 Å². The fourth-order valence-corrected chi connectivity index (χ4v) is 2.42. The maximum Gasteiger partial charge on any atom is 0.0864 e. The van der Waals surface area contributed by atoms with Crippen LogP contribution in [0.3, 0.4) is 0 Å². The maximum atomic E-state index is 9.20. The predicted molar refractivity (Wildman–Crippen MR) is 61.2 cm³/mol. The number of hydrogen-bond acceptors (Lipinski definition) is 4. The lowest BCUT2D eigenvalue weighted by atomic mass is 10.2. The summed E-state index contributed by atoms with van der Waals surface area (Å²) >= 11 is 7.29. The van der Waals surface area contributed by atoms with Crippen LogP contribution in [-0.2, 0) is 6.61 Å². The molecule has 0 aliphatic carbocycles. The van der Waals surface area contributed by atoms with Crippen molar-refractivity contribution < 1.29 is 15.3 Å². The summed E-state index contributed by atoms with van der Waals surface area (Å²) < 4.78 is 0. The van der Waals surface area contributed by atoms with Gasteiger partial charge in [0.15, 0.2) is 0 Å². The molecule has 1 aromatic carbocycles. The minimum atomic E-state index is -0.766. The van der Waals surface area contributed by atoms with Crippen LogP contribution in [0.4, 0.5) is 0 Å². The first-order valence-electron chi connectivity index (χ1n) is 4.49. The van der Waals surface area contributed by atoms with Gasteiger partial charge in [-0.1, -0.05) is 23.7 Å². The molecule has 1 rings (SSSR count). The van der Waals surface area contributed by atoms with E-state index in [1.165, 1.54) is 11.8 Å². The highest BCUT2D eigenvalue weighted by Gasteiger charge is 2.09. The number of benzene rings is 1. The molecule has 0 fully saturated rings. The summed E-state index contributed by atoms with van der Waals surface area (Å²) in [6, 6.07) is 5.27. The van der Waals surface area contributed by atoms with Gasteiger partial charge in [0, 0.05) is 10.6 Å². The number of halogens is 1. The van der Waals surface area contributed by atoms with Gasteiger partial charge in [0.05, 0.1) is 24.3 Å². The van der Waals surface area contributed by atoms with E-state index >= 15 is 0 Å². The van der Waals surface area contributed by atoms with E-state index in [0.717, 1.165) is 10.5 Å². The fraction of sp³-hybridized carbons (Fsp3) is 0.400. The Kier molecular flexibility index (Phi) is 5.42. The van der Waals surface area contributed by atoms with Crippen molar-refractivity contribution >= 4 is 23.4 Å². The molecule has 0 radical (unpaired) electrons. The van der Waals surface area contributed by atoms with Crippen molar-refractivity contribution in [2.75, 3.05) is 12.4 Å². The lowest BCUT2D eigenvalue weighted by Crippen LogP contribution is -2.14. The van der Waals surface area contributed by atoms with Gasteiger partial charge in [-0.2, -0.15) is 0 Å². The van der Waals surface area contributed by atoms with E-state index in [9.17, 15) is 5.11 Å². The third kappa shape index (κ3) is 3.66. The summed E-state index contributed by atoms with van der Waals surface area (Å²) in [6.45, 7) is -0.357. The second-order valence-corrected chi connectivity index (χ2v) is 4.47. The number of aliphatic hydroxyl groups excluding tert-OH is 3. The second-order valence-electron chi connectivity index (χ2n) is 3.03. The Morgan fingerprint density at radius 3 is 2.67 bits per heavy atom. The van der Waals surface area contributed by atoms with Gasteiger partial charge in [-0.3, -0.25) is 0 Å². The number of thioether (sulfide) groups is 1. The molecule has 0 saturated carbocycles.